The summed E-state index contributed by atoms with van der Waals surface area (Å²) in [5, 5.41) is 6.20. The molecule has 0 aromatic carbocycles. The lowest BCUT2D eigenvalue weighted by Gasteiger charge is -2.23. The third-order valence-electron chi connectivity index (χ3n) is 21.0. The van der Waals surface area contributed by atoms with Crippen molar-refractivity contribution in [3.8, 4) is 0 Å². The minimum Gasteiger partial charge on any atom is -0.379 e. The highest BCUT2D eigenvalue weighted by molar-refractivity contribution is 7.48. The van der Waals surface area contributed by atoms with Crippen LogP contribution in [0.5, 0.6) is 0 Å². The van der Waals surface area contributed by atoms with Crippen molar-refractivity contribution in [2.75, 3.05) is 72.6 Å². The fraction of sp³-hybridized carbons (Fsp3) is 0.934. The number of carbonyl (C=O) groups is 2. The van der Waals surface area contributed by atoms with Crippen LogP contribution < -0.4 is 16.4 Å². The van der Waals surface area contributed by atoms with Gasteiger partial charge in [-0.15, -0.1) is 13.2 Å². The van der Waals surface area contributed by atoms with Gasteiger partial charge < -0.3 is 25.8 Å². The Morgan fingerprint density at radius 1 is 0.296 bits per heavy atom. The number of hydrogen-bond donors (Lipinski definition) is 3. The molecule has 0 heterocycles. The van der Waals surface area contributed by atoms with Gasteiger partial charge in [-0.05, 0) is 43.9 Å². The third kappa shape index (κ3) is 79.7. The SMILES string of the molecule is C=CCOP(=O)(OCCC)OC[C@@H](COCC[C@H](CCCCCCC)CCCCCCCCCCCCC)NC(=O)CCCCCCCCCCCCC.C=CCOP(=O)(OCCN)OC[C@@H](COCC[C@H](CCCCCCC)CCCCCCCCCCCCC)NC(=O)CCCCCCCCCCCCC. The molecule has 108 heavy (non-hydrogen) atoms. The van der Waals surface area contributed by atoms with E-state index in [2.05, 4.69) is 65.3 Å². The molecule has 0 aliphatic heterocycles. The monoisotopic (exact) mass is 1570 g/mol. The van der Waals surface area contributed by atoms with Gasteiger partial charge in [0.15, 0.2) is 0 Å². The maximum atomic E-state index is 13.3. The Bertz CT molecular complexity index is 1820. The first-order valence-corrected chi connectivity index (χ1v) is 49.5. The maximum Gasteiger partial charge on any atom is 0.475 e. The first kappa shape index (κ1) is 109. The lowest BCUT2D eigenvalue weighted by Crippen LogP contribution is -2.41. The summed E-state index contributed by atoms with van der Waals surface area (Å²) in [4.78, 5) is 26.0. The van der Waals surface area contributed by atoms with E-state index in [4.69, 9.17) is 42.3 Å². The van der Waals surface area contributed by atoms with Gasteiger partial charge in [0.2, 0.25) is 11.8 Å². The molecule has 0 spiro atoms. The molecule has 15 nitrogen and oxygen atoms in total. The summed E-state index contributed by atoms with van der Waals surface area (Å²) in [7, 11) is -7.65. The van der Waals surface area contributed by atoms with Gasteiger partial charge in [0, 0.05) is 32.6 Å². The summed E-state index contributed by atoms with van der Waals surface area (Å²) in [5.74, 6) is 1.29. The average molecular weight is 1570 g/mol. The van der Waals surface area contributed by atoms with Crippen molar-refractivity contribution in [3.63, 3.8) is 0 Å². The predicted molar refractivity (Wildman–Crippen MR) is 463 cm³/mol. The first-order valence-electron chi connectivity index (χ1n) is 46.6. The molecule has 0 aromatic rings. The molecule has 6 atom stereocenters. The minimum absolute atomic E-state index is 0.00171. The molecule has 2 unspecified atom stereocenters. The van der Waals surface area contributed by atoms with Crippen LogP contribution in [0.2, 0.25) is 0 Å². The number of hydrogen-bond acceptors (Lipinski definition) is 13. The van der Waals surface area contributed by atoms with Crippen molar-refractivity contribution in [2.24, 2.45) is 17.6 Å². The van der Waals surface area contributed by atoms with Gasteiger partial charge >= 0.3 is 15.6 Å². The molecule has 0 saturated carbocycles. The second-order valence-electron chi connectivity index (χ2n) is 31.7. The predicted octanol–water partition coefficient (Wildman–Crippen LogP) is 28.6. The quantitative estimate of drug-likeness (QED) is 0.0296. The number of rotatable bonds is 90. The van der Waals surface area contributed by atoms with Crippen molar-refractivity contribution in [3.05, 3.63) is 25.3 Å². The second kappa shape index (κ2) is 87.9. The molecular weight excluding hydrogens is 1390 g/mol. The minimum atomic E-state index is -3.86. The maximum absolute atomic E-state index is 13.3. The molecule has 0 aromatic heterocycles. The van der Waals surface area contributed by atoms with Crippen LogP contribution in [0.25, 0.3) is 0 Å². The van der Waals surface area contributed by atoms with Crippen molar-refractivity contribution in [1.29, 1.82) is 0 Å². The van der Waals surface area contributed by atoms with E-state index in [1.165, 1.54) is 359 Å². The Kier molecular flexibility index (Phi) is 88.4. The van der Waals surface area contributed by atoms with Gasteiger partial charge in [0.25, 0.3) is 0 Å². The van der Waals surface area contributed by atoms with Crippen LogP contribution in [0.3, 0.4) is 0 Å². The Balaban J connectivity index is 0. The summed E-state index contributed by atoms with van der Waals surface area (Å²) in [5.41, 5.74) is 5.58. The lowest BCUT2D eigenvalue weighted by atomic mass is 9.91. The number of unbranched alkanes of at least 4 members (excludes halogenated alkanes) is 48. The van der Waals surface area contributed by atoms with E-state index in [9.17, 15) is 18.7 Å². The Morgan fingerprint density at radius 2 is 0.537 bits per heavy atom. The topological polar surface area (TPSA) is 192 Å². The average Bonchev–Trinajstić information content (AvgIpc) is 0.893. The molecule has 644 valence electrons. The molecule has 2 amide bonds. The van der Waals surface area contributed by atoms with Gasteiger partial charge in [-0.1, -0.05) is 420 Å². The number of phosphoric acid groups is 2. The molecule has 0 bridgehead atoms. The van der Waals surface area contributed by atoms with E-state index in [0.717, 1.165) is 38.5 Å². The van der Waals surface area contributed by atoms with Gasteiger partial charge in [-0.3, -0.25) is 36.7 Å². The fourth-order valence-electron chi connectivity index (χ4n) is 14.1. The summed E-state index contributed by atoms with van der Waals surface area (Å²) in [6, 6.07) is -0.901. The molecular formula is C91H183N3O12P2. The summed E-state index contributed by atoms with van der Waals surface area (Å²) in [6.07, 6.45) is 82.3. The molecule has 0 aliphatic rings. The molecule has 0 rings (SSSR count). The number of amides is 2. The van der Waals surface area contributed by atoms with E-state index >= 15 is 0 Å². The van der Waals surface area contributed by atoms with Gasteiger partial charge in [0.05, 0.1) is 64.9 Å². The van der Waals surface area contributed by atoms with Crippen molar-refractivity contribution in [1.82, 2.24) is 10.6 Å². The molecule has 4 N–H and O–H groups in total. The molecule has 0 fully saturated rings. The van der Waals surface area contributed by atoms with Crippen LogP contribution in [0.1, 0.15) is 453 Å². The zero-order valence-corrected chi connectivity index (χ0v) is 74.4. The van der Waals surface area contributed by atoms with E-state index in [-0.39, 0.29) is 64.6 Å². The smallest absolute Gasteiger partial charge is 0.379 e. The number of ether oxygens (including phenoxy) is 2. The van der Waals surface area contributed by atoms with Gasteiger partial charge in [-0.25, -0.2) is 9.13 Å². The molecule has 0 radical (unpaired) electrons. The zero-order chi connectivity index (χ0) is 79.3. The van der Waals surface area contributed by atoms with Gasteiger partial charge in [0.1, 0.15) is 0 Å². The number of carbonyl (C=O) groups excluding carboxylic acids is 2. The summed E-state index contributed by atoms with van der Waals surface area (Å²) >= 11 is 0. The third-order valence-corrected chi connectivity index (χ3v) is 23.8. The first-order chi connectivity index (χ1) is 52.9. The Hall–Kier alpha value is -1.48. The highest BCUT2D eigenvalue weighted by Gasteiger charge is 2.30. The Morgan fingerprint density at radius 3 is 0.778 bits per heavy atom. The van der Waals surface area contributed by atoms with Crippen molar-refractivity contribution in [2.45, 2.75) is 465 Å². The fourth-order valence-corrected chi connectivity index (χ4v) is 16.6. The number of nitrogens with two attached hydrogens (primary N) is 1. The van der Waals surface area contributed by atoms with Crippen LogP contribution >= 0.6 is 15.6 Å². The van der Waals surface area contributed by atoms with E-state index < -0.39 is 27.7 Å². The lowest BCUT2D eigenvalue weighted by molar-refractivity contribution is -0.123. The van der Waals surface area contributed by atoms with Crippen LogP contribution in [-0.2, 0) is 55.3 Å². The standard InChI is InChI=1S/C46H92NO6P.C45H91N2O6P/c1-6-11-14-17-19-21-23-25-27-30-33-36-44(35-32-29-16-13-8-3)38-41-50-42-45(43-53-54(49,51-39-9-4)52-40-10-5)47-46(48)37-34-31-28-26-24-22-20-18-15-12-7-2;1-5-9-12-15-17-19-21-23-25-28-31-34-43(33-30-27-14-11-7-3)36-39-50-41-44(42-53-54(49,51-38-8-4)52-40-37-46)47-45(48)35-32-29-26-24-22-20-18-16-13-10-6-2/h9,44-45H,4,6-8,10-43H2,1-3,5H3,(H,47,48);8,43-44H,4-7,9-42,46H2,1-3H3,(H,47,48)/t44-,45-,54?;43-,44-,54?/m11/s1. The van der Waals surface area contributed by atoms with Crippen molar-refractivity contribution < 1.29 is 55.3 Å². The summed E-state index contributed by atoms with van der Waals surface area (Å²) < 4.78 is 72.1. The molecule has 0 saturated heterocycles. The van der Waals surface area contributed by atoms with E-state index in [1.54, 1.807) is 0 Å². The van der Waals surface area contributed by atoms with Crippen molar-refractivity contribution >= 4 is 27.5 Å². The summed E-state index contributed by atoms with van der Waals surface area (Å²) in [6.45, 7) is 25.3. The van der Waals surface area contributed by atoms with Gasteiger partial charge in [-0.2, -0.15) is 0 Å². The van der Waals surface area contributed by atoms with E-state index in [1.807, 2.05) is 6.92 Å². The Labute approximate surface area is 670 Å². The van der Waals surface area contributed by atoms with Crippen LogP contribution in [0.15, 0.2) is 25.3 Å². The normalized spacial score (nSPS) is 13.9. The van der Waals surface area contributed by atoms with E-state index in [0.29, 0.717) is 50.9 Å². The second-order valence-corrected chi connectivity index (χ2v) is 35.1. The highest BCUT2D eigenvalue weighted by Crippen LogP contribution is 2.50. The highest BCUT2D eigenvalue weighted by atomic mass is 31.2. The van der Waals surface area contributed by atoms with Crippen LogP contribution in [0.4, 0.5) is 0 Å². The number of phosphoric ester groups is 2. The molecule has 0 aliphatic carbocycles. The van der Waals surface area contributed by atoms with Crippen LogP contribution in [0, 0.1) is 11.8 Å². The zero-order valence-electron chi connectivity index (χ0n) is 72.6. The number of nitrogens with one attached hydrogen (secondary N) is 2. The largest absolute Gasteiger partial charge is 0.475 e. The van der Waals surface area contributed by atoms with Crippen LogP contribution in [-0.4, -0.2) is 96.5 Å². The molecule has 17 heteroatoms.